The Hall–Kier alpha value is -1.03. The molecule has 0 saturated carbocycles. The topological polar surface area (TPSA) is 40.5 Å². The minimum atomic E-state index is 0.230. The number of likely N-dealkylation sites (tertiary alicyclic amines) is 1. The largest absolute Gasteiger partial charge is 0.507 e. The van der Waals surface area contributed by atoms with E-state index >= 15 is 0 Å². The van der Waals surface area contributed by atoms with Gasteiger partial charge in [0.1, 0.15) is 5.75 Å². The Bertz CT molecular complexity index is 406. The summed E-state index contributed by atoms with van der Waals surface area (Å²) >= 11 is 3.27. The van der Waals surface area contributed by atoms with Crippen molar-refractivity contribution < 1.29 is 9.90 Å². The Morgan fingerprint density at radius 2 is 2.19 bits per heavy atom. The molecule has 2 rings (SSSR count). The Labute approximate surface area is 103 Å². The highest BCUT2D eigenvalue weighted by Crippen LogP contribution is 2.25. The van der Waals surface area contributed by atoms with E-state index in [-0.39, 0.29) is 11.7 Å². The summed E-state index contributed by atoms with van der Waals surface area (Å²) in [6, 6.07) is 5.35. The number of phenolic OH excluding ortho intramolecular Hbond substituents is 1. The number of hydrogen-bond acceptors (Lipinski definition) is 2. The number of amides is 1. The van der Waals surface area contributed by atoms with Gasteiger partial charge >= 0.3 is 0 Å². The normalized spacial score (nSPS) is 16.6. The molecule has 1 fully saturated rings. The lowest BCUT2D eigenvalue weighted by atomic mass is 10.1. The van der Waals surface area contributed by atoms with E-state index in [9.17, 15) is 9.90 Å². The molecule has 1 amide bonds. The van der Waals surface area contributed by atoms with Crippen molar-refractivity contribution in [2.24, 2.45) is 0 Å². The van der Waals surface area contributed by atoms with Gasteiger partial charge in [-0.3, -0.25) is 4.79 Å². The van der Waals surface area contributed by atoms with Crippen molar-refractivity contribution in [3.63, 3.8) is 0 Å². The number of carbonyl (C=O) groups is 1. The van der Waals surface area contributed by atoms with Crippen LogP contribution in [0.3, 0.4) is 0 Å². The molecular formula is C12H14BrNO2. The maximum atomic E-state index is 11.6. The van der Waals surface area contributed by atoms with Gasteiger partial charge in [0.2, 0.25) is 5.91 Å². The van der Waals surface area contributed by atoms with Crippen LogP contribution in [0, 0.1) is 0 Å². The molecule has 1 aliphatic rings. The summed E-state index contributed by atoms with van der Waals surface area (Å²) < 4.78 is 0.675. The van der Waals surface area contributed by atoms with Crippen molar-refractivity contribution in [2.75, 3.05) is 6.54 Å². The lowest BCUT2D eigenvalue weighted by Gasteiger charge is -2.26. The Balaban J connectivity index is 2.08. The molecule has 3 nitrogen and oxygen atoms in total. The summed E-state index contributed by atoms with van der Waals surface area (Å²) in [5.74, 6) is 0.462. The van der Waals surface area contributed by atoms with Gasteiger partial charge in [0, 0.05) is 19.5 Å². The number of nitrogens with zero attached hydrogens (tertiary/aromatic N) is 1. The molecule has 4 heteroatoms. The number of aromatic hydroxyl groups is 1. The molecule has 1 aromatic carbocycles. The molecule has 0 atom stereocenters. The van der Waals surface area contributed by atoms with Crippen molar-refractivity contribution in [1.82, 2.24) is 4.90 Å². The summed E-state index contributed by atoms with van der Waals surface area (Å²) in [4.78, 5) is 13.5. The van der Waals surface area contributed by atoms with E-state index in [0.717, 1.165) is 24.9 Å². The molecule has 1 aromatic rings. The molecule has 0 unspecified atom stereocenters. The number of phenols is 1. The summed E-state index contributed by atoms with van der Waals surface area (Å²) in [5.41, 5.74) is 1.04. The first kappa shape index (κ1) is 11.5. The van der Waals surface area contributed by atoms with Gasteiger partial charge in [0.05, 0.1) is 4.47 Å². The first-order chi connectivity index (χ1) is 7.66. The minimum absolute atomic E-state index is 0.230. The van der Waals surface area contributed by atoms with E-state index in [1.54, 1.807) is 6.07 Å². The van der Waals surface area contributed by atoms with Crippen LogP contribution in [0.15, 0.2) is 22.7 Å². The number of carbonyl (C=O) groups excluding carboxylic acids is 1. The van der Waals surface area contributed by atoms with E-state index in [4.69, 9.17) is 0 Å². The fourth-order valence-corrected chi connectivity index (χ4v) is 2.32. The molecule has 0 aliphatic carbocycles. The molecule has 16 heavy (non-hydrogen) atoms. The number of piperidine rings is 1. The first-order valence-electron chi connectivity index (χ1n) is 5.42. The summed E-state index contributed by atoms with van der Waals surface area (Å²) in [5, 5.41) is 9.37. The van der Waals surface area contributed by atoms with E-state index in [2.05, 4.69) is 15.9 Å². The monoisotopic (exact) mass is 283 g/mol. The van der Waals surface area contributed by atoms with Gasteiger partial charge in [-0.2, -0.15) is 0 Å². The van der Waals surface area contributed by atoms with E-state index in [1.807, 2.05) is 17.0 Å². The van der Waals surface area contributed by atoms with E-state index < -0.39 is 0 Å². The van der Waals surface area contributed by atoms with Gasteiger partial charge in [-0.1, -0.05) is 6.07 Å². The number of benzene rings is 1. The molecule has 0 radical (unpaired) electrons. The summed E-state index contributed by atoms with van der Waals surface area (Å²) in [6.07, 6.45) is 2.76. The smallest absolute Gasteiger partial charge is 0.222 e. The average Bonchev–Trinajstić information content (AvgIpc) is 2.27. The van der Waals surface area contributed by atoms with Crippen LogP contribution in [0.1, 0.15) is 24.8 Å². The lowest BCUT2D eigenvalue weighted by molar-refractivity contribution is -0.133. The van der Waals surface area contributed by atoms with Crippen LogP contribution >= 0.6 is 15.9 Å². The van der Waals surface area contributed by atoms with Crippen molar-refractivity contribution in [2.45, 2.75) is 25.8 Å². The molecule has 1 aliphatic heterocycles. The predicted molar refractivity (Wildman–Crippen MR) is 65.1 cm³/mol. The first-order valence-corrected chi connectivity index (χ1v) is 6.21. The zero-order valence-corrected chi connectivity index (χ0v) is 10.5. The van der Waals surface area contributed by atoms with Gasteiger partial charge in [0.15, 0.2) is 0 Å². The zero-order valence-electron chi connectivity index (χ0n) is 8.95. The van der Waals surface area contributed by atoms with Crippen LogP contribution < -0.4 is 0 Å². The molecule has 86 valence electrons. The zero-order chi connectivity index (χ0) is 11.5. The van der Waals surface area contributed by atoms with Crippen LogP contribution in [0.2, 0.25) is 0 Å². The van der Waals surface area contributed by atoms with E-state index in [0.29, 0.717) is 17.4 Å². The maximum absolute atomic E-state index is 11.6. The SMILES string of the molecule is O=C1CCCCN1Cc1ccc(O)c(Br)c1. The minimum Gasteiger partial charge on any atom is -0.507 e. The van der Waals surface area contributed by atoms with Crippen molar-refractivity contribution in [1.29, 1.82) is 0 Å². The van der Waals surface area contributed by atoms with Gasteiger partial charge in [0.25, 0.3) is 0 Å². The highest BCUT2D eigenvalue weighted by atomic mass is 79.9. The van der Waals surface area contributed by atoms with Gasteiger partial charge < -0.3 is 10.0 Å². The second kappa shape index (κ2) is 4.87. The Morgan fingerprint density at radius 1 is 1.38 bits per heavy atom. The number of halogens is 1. The van der Waals surface area contributed by atoms with Crippen LogP contribution in [0.4, 0.5) is 0 Å². The number of hydrogen-bond donors (Lipinski definition) is 1. The van der Waals surface area contributed by atoms with E-state index in [1.165, 1.54) is 0 Å². The predicted octanol–water partition coefficient (Wildman–Crippen LogP) is 2.67. The highest BCUT2D eigenvalue weighted by Gasteiger charge is 2.18. The molecule has 0 bridgehead atoms. The van der Waals surface area contributed by atoms with Gasteiger partial charge in [-0.15, -0.1) is 0 Å². The van der Waals surface area contributed by atoms with Crippen LogP contribution in [-0.2, 0) is 11.3 Å². The maximum Gasteiger partial charge on any atom is 0.222 e. The molecule has 0 aromatic heterocycles. The molecule has 1 saturated heterocycles. The highest BCUT2D eigenvalue weighted by molar-refractivity contribution is 9.10. The van der Waals surface area contributed by atoms with Crippen LogP contribution in [-0.4, -0.2) is 22.5 Å². The molecule has 1 heterocycles. The summed E-state index contributed by atoms with van der Waals surface area (Å²) in [7, 11) is 0. The third-order valence-corrected chi connectivity index (χ3v) is 3.44. The quantitative estimate of drug-likeness (QED) is 0.907. The lowest BCUT2D eigenvalue weighted by Crippen LogP contribution is -2.34. The molecule has 1 N–H and O–H groups in total. The van der Waals surface area contributed by atoms with Crippen molar-refractivity contribution in [3.8, 4) is 5.75 Å². The third-order valence-electron chi connectivity index (χ3n) is 2.81. The standard InChI is InChI=1S/C12H14BrNO2/c13-10-7-9(4-5-11(10)15)8-14-6-2-1-3-12(14)16/h4-5,7,15H,1-3,6,8H2. The van der Waals surface area contributed by atoms with Crippen LogP contribution in [0.5, 0.6) is 5.75 Å². The average molecular weight is 284 g/mol. The fraction of sp³-hybridized carbons (Fsp3) is 0.417. The van der Waals surface area contributed by atoms with Crippen molar-refractivity contribution >= 4 is 21.8 Å². The summed E-state index contributed by atoms with van der Waals surface area (Å²) in [6.45, 7) is 1.48. The van der Waals surface area contributed by atoms with Crippen molar-refractivity contribution in [3.05, 3.63) is 28.2 Å². The second-order valence-electron chi connectivity index (χ2n) is 4.06. The third kappa shape index (κ3) is 2.55. The van der Waals surface area contributed by atoms with Gasteiger partial charge in [-0.25, -0.2) is 0 Å². The Morgan fingerprint density at radius 3 is 2.88 bits per heavy atom. The molecular weight excluding hydrogens is 270 g/mol. The molecule has 0 spiro atoms. The second-order valence-corrected chi connectivity index (χ2v) is 4.91. The number of rotatable bonds is 2. The van der Waals surface area contributed by atoms with Crippen LogP contribution in [0.25, 0.3) is 0 Å². The fourth-order valence-electron chi connectivity index (χ4n) is 1.90. The Kier molecular flexibility index (Phi) is 3.49. The van der Waals surface area contributed by atoms with Gasteiger partial charge in [-0.05, 0) is 46.5 Å².